The van der Waals surface area contributed by atoms with Crippen LogP contribution in [-0.4, -0.2) is 16.1 Å². The number of aryl methyl sites for hydroxylation is 1. The van der Waals surface area contributed by atoms with E-state index in [1.807, 2.05) is 30.3 Å². The topological polar surface area (TPSA) is 70.2 Å². The van der Waals surface area contributed by atoms with Gasteiger partial charge in [-0.2, -0.15) is 0 Å². The Hall–Kier alpha value is -2.36. The summed E-state index contributed by atoms with van der Waals surface area (Å²) in [7, 11) is 0. The highest BCUT2D eigenvalue weighted by molar-refractivity contribution is 5.96. The summed E-state index contributed by atoms with van der Waals surface area (Å²) >= 11 is 0. The molecule has 1 aliphatic rings. The molecule has 3 rings (SSSR count). The van der Waals surface area contributed by atoms with Crippen LogP contribution in [0.2, 0.25) is 0 Å². The second-order valence-corrected chi connectivity index (χ2v) is 5.04. The zero-order valence-electron chi connectivity index (χ0n) is 11.0. The third-order valence-electron chi connectivity index (χ3n) is 3.79. The van der Waals surface area contributed by atoms with Crippen molar-refractivity contribution in [3.8, 4) is 11.1 Å². The van der Waals surface area contributed by atoms with Gasteiger partial charge < -0.3 is 10.1 Å². The molecule has 1 aromatic carbocycles. The summed E-state index contributed by atoms with van der Waals surface area (Å²) in [5.74, 6) is -1.17. The molecule has 0 bridgehead atoms. The Bertz CT molecular complexity index is 716. The van der Waals surface area contributed by atoms with Gasteiger partial charge in [0.25, 0.3) is 5.56 Å². The lowest BCUT2D eigenvalue weighted by Crippen LogP contribution is -2.24. The van der Waals surface area contributed by atoms with E-state index >= 15 is 0 Å². The van der Waals surface area contributed by atoms with Gasteiger partial charge in [-0.3, -0.25) is 4.79 Å². The molecular formula is C16H15NO3. The van der Waals surface area contributed by atoms with Gasteiger partial charge in [0, 0.05) is 11.3 Å². The molecule has 0 atom stereocenters. The maximum atomic E-state index is 12.1. The molecule has 1 aliphatic carbocycles. The molecule has 4 nitrogen and oxygen atoms in total. The van der Waals surface area contributed by atoms with Crippen LogP contribution in [0.3, 0.4) is 0 Å². The number of nitrogens with one attached hydrogen (secondary N) is 1. The van der Waals surface area contributed by atoms with Gasteiger partial charge in [0.1, 0.15) is 5.56 Å². The first-order valence-electron chi connectivity index (χ1n) is 6.75. The summed E-state index contributed by atoms with van der Waals surface area (Å²) in [6.45, 7) is 0. The van der Waals surface area contributed by atoms with Gasteiger partial charge >= 0.3 is 5.97 Å². The van der Waals surface area contributed by atoms with Gasteiger partial charge in [-0.05, 0) is 36.8 Å². The Labute approximate surface area is 116 Å². The lowest BCUT2D eigenvalue weighted by molar-refractivity contribution is 0.0695. The van der Waals surface area contributed by atoms with Crippen molar-refractivity contribution >= 4 is 5.97 Å². The van der Waals surface area contributed by atoms with Crippen LogP contribution in [0.15, 0.2) is 35.1 Å². The summed E-state index contributed by atoms with van der Waals surface area (Å²) in [5.41, 5.74) is 2.63. The molecule has 2 aromatic rings. The van der Waals surface area contributed by atoms with E-state index in [4.69, 9.17) is 0 Å². The number of aromatic nitrogens is 1. The number of hydrogen-bond acceptors (Lipinski definition) is 2. The minimum absolute atomic E-state index is 0.142. The van der Waals surface area contributed by atoms with E-state index in [1.165, 1.54) is 0 Å². The van der Waals surface area contributed by atoms with Crippen LogP contribution >= 0.6 is 0 Å². The first-order valence-corrected chi connectivity index (χ1v) is 6.75. The molecule has 0 saturated carbocycles. The summed E-state index contributed by atoms with van der Waals surface area (Å²) in [6, 6.07) is 9.31. The van der Waals surface area contributed by atoms with E-state index in [9.17, 15) is 14.7 Å². The quantitative estimate of drug-likeness (QED) is 0.880. The van der Waals surface area contributed by atoms with Crippen molar-refractivity contribution < 1.29 is 9.90 Å². The first-order chi connectivity index (χ1) is 9.68. The zero-order chi connectivity index (χ0) is 14.1. The van der Waals surface area contributed by atoms with Gasteiger partial charge in [-0.1, -0.05) is 30.3 Å². The Morgan fingerprint density at radius 3 is 2.50 bits per heavy atom. The standard InChI is InChI=1S/C16H15NO3/c18-15-14(16(19)20)13(10-6-2-1-3-7-10)11-8-4-5-9-12(11)17-15/h1-3,6-7H,4-5,8-9H2,(H,17,18)(H,19,20). The van der Waals surface area contributed by atoms with Gasteiger partial charge in [0.15, 0.2) is 0 Å². The number of fused-ring (bicyclic) bond motifs is 1. The minimum Gasteiger partial charge on any atom is -0.477 e. The predicted molar refractivity (Wildman–Crippen MR) is 76.1 cm³/mol. The molecule has 0 amide bonds. The van der Waals surface area contributed by atoms with E-state index in [2.05, 4.69) is 4.98 Å². The Balaban J connectivity index is 2.37. The monoisotopic (exact) mass is 269 g/mol. The van der Waals surface area contributed by atoms with Gasteiger partial charge in [0.2, 0.25) is 0 Å². The van der Waals surface area contributed by atoms with Crippen LogP contribution in [0.1, 0.15) is 34.5 Å². The number of carboxylic acid groups (broad SMARTS) is 1. The lowest BCUT2D eigenvalue weighted by Gasteiger charge is -2.20. The number of pyridine rings is 1. The normalized spacial score (nSPS) is 13.8. The number of rotatable bonds is 2. The van der Waals surface area contributed by atoms with E-state index in [0.717, 1.165) is 42.5 Å². The maximum absolute atomic E-state index is 12.1. The molecular weight excluding hydrogens is 254 g/mol. The Morgan fingerprint density at radius 1 is 1.10 bits per heavy atom. The number of aromatic amines is 1. The summed E-state index contributed by atoms with van der Waals surface area (Å²) < 4.78 is 0. The van der Waals surface area contributed by atoms with Crippen molar-refractivity contribution in [1.82, 2.24) is 4.98 Å². The number of carbonyl (C=O) groups is 1. The van der Waals surface area contributed by atoms with Crippen molar-refractivity contribution in [3.63, 3.8) is 0 Å². The molecule has 20 heavy (non-hydrogen) atoms. The molecule has 0 spiro atoms. The number of carboxylic acids is 1. The number of benzene rings is 1. The Kier molecular flexibility index (Phi) is 3.14. The van der Waals surface area contributed by atoms with E-state index in [-0.39, 0.29) is 5.56 Å². The molecule has 0 aliphatic heterocycles. The SMILES string of the molecule is O=C(O)c1c(-c2ccccc2)c2c([nH]c1=O)CCCC2. The highest BCUT2D eigenvalue weighted by Gasteiger charge is 2.24. The third-order valence-corrected chi connectivity index (χ3v) is 3.79. The fourth-order valence-electron chi connectivity index (χ4n) is 2.91. The van der Waals surface area contributed by atoms with Crippen LogP contribution in [-0.2, 0) is 12.8 Å². The smallest absolute Gasteiger partial charge is 0.341 e. The average Bonchev–Trinajstić information content (AvgIpc) is 2.46. The number of hydrogen-bond donors (Lipinski definition) is 2. The van der Waals surface area contributed by atoms with E-state index < -0.39 is 11.5 Å². The second kappa shape index (κ2) is 4.96. The number of H-pyrrole nitrogens is 1. The molecule has 1 aromatic heterocycles. The zero-order valence-corrected chi connectivity index (χ0v) is 11.0. The molecule has 0 radical (unpaired) electrons. The predicted octanol–water partition coefficient (Wildman–Crippen LogP) is 2.62. The van der Waals surface area contributed by atoms with Gasteiger partial charge in [0.05, 0.1) is 0 Å². The summed E-state index contributed by atoms with van der Waals surface area (Å²) in [5, 5.41) is 9.39. The maximum Gasteiger partial charge on any atom is 0.341 e. The summed E-state index contributed by atoms with van der Waals surface area (Å²) in [4.78, 5) is 26.3. The van der Waals surface area contributed by atoms with E-state index in [0.29, 0.717) is 5.56 Å². The van der Waals surface area contributed by atoms with Crippen LogP contribution in [0.4, 0.5) is 0 Å². The minimum atomic E-state index is -1.17. The first kappa shape index (κ1) is 12.7. The van der Waals surface area contributed by atoms with Crippen molar-refractivity contribution in [2.45, 2.75) is 25.7 Å². The largest absolute Gasteiger partial charge is 0.477 e. The van der Waals surface area contributed by atoms with E-state index in [1.54, 1.807) is 0 Å². The third kappa shape index (κ3) is 2.03. The average molecular weight is 269 g/mol. The van der Waals surface area contributed by atoms with Crippen LogP contribution in [0.25, 0.3) is 11.1 Å². The fraction of sp³-hybridized carbons (Fsp3) is 0.250. The summed E-state index contributed by atoms with van der Waals surface area (Å²) in [6.07, 6.45) is 3.68. The van der Waals surface area contributed by atoms with Crippen molar-refractivity contribution in [2.75, 3.05) is 0 Å². The second-order valence-electron chi connectivity index (χ2n) is 5.04. The van der Waals surface area contributed by atoms with Crippen LogP contribution < -0.4 is 5.56 Å². The molecule has 0 unspecified atom stereocenters. The van der Waals surface area contributed by atoms with Gasteiger partial charge in [-0.25, -0.2) is 4.79 Å². The van der Waals surface area contributed by atoms with Gasteiger partial charge in [-0.15, -0.1) is 0 Å². The number of aromatic carboxylic acids is 1. The molecule has 0 fully saturated rings. The molecule has 2 N–H and O–H groups in total. The Morgan fingerprint density at radius 2 is 1.80 bits per heavy atom. The van der Waals surface area contributed by atoms with Crippen molar-refractivity contribution in [2.24, 2.45) is 0 Å². The van der Waals surface area contributed by atoms with Crippen LogP contribution in [0.5, 0.6) is 0 Å². The van der Waals surface area contributed by atoms with Crippen molar-refractivity contribution in [3.05, 3.63) is 57.5 Å². The highest BCUT2D eigenvalue weighted by atomic mass is 16.4. The fourth-order valence-corrected chi connectivity index (χ4v) is 2.91. The van der Waals surface area contributed by atoms with Crippen molar-refractivity contribution in [1.29, 1.82) is 0 Å². The van der Waals surface area contributed by atoms with Crippen LogP contribution in [0, 0.1) is 0 Å². The lowest BCUT2D eigenvalue weighted by atomic mass is 9.87. The molecule has 4 heteroatoms. The highest BCUT2D eigenvalue weighted by Crippen LogP contribution is 2.31. The molecule has 1 heterocycles. The molecule has 102 valence electrons. The molecule has 0 saturated heterocycles.